The van der Waals surface area contributed by atoms with Gasteiger partial charge in [-0.25, -0.2) is 4.79 Å². The summed E-state index contributed by atoms with van der Waals surface area (Å²) in [5.41, 5.74) is 3.04. The van der Waals surface area contributed by atoms with Crippen molar-refractivity contribution < 1.29 is 19.4 Å². The van der Waals surface area contributed by atoms with E-state index in [-0.39, 0.29) is 12.3 Å². The monoisotopic (exact) mass is 291 g/mol. The van der Waals surface area contributed by atoms with Gasteiger partial charge in [0.2, 0.25) is 5.91 Å². The Morgan fingerprint density at radius 1 is 1.38 bits per heavy atom. The second-order valence-corrected chi connectivity index (χ2v) is 5.48. The lowest BCUT2D eigenvalue weighted by atomic mass is 9.96. The van der Waals surface area contributed by atoms with E-state index in [9.17, 15) is 14.7 Å². The number of carboxylic acid groups (broad SMARTS) is 1. The highest BCUT2D eigenvalue weighted by molar-refractivity contribution is 5.86. The SMILES string of the molecule is Cc1cccc(C)c1C[C@H](NC(=O)[C@@H]1CCCO1)C(=O)O. The van der Waals surface area contributed by atoms with Gasteiger partial charge >= 0.3 is 5.97 Å². The second kappa shape index (κ2) is 6.72. The molecule has 1 amide bonds. The predicted molar refractivity (Wildman–Crippen MR) is 78.2 cm³/mol. The summed E-state index contributed by atoms with van der Waals surface area (Å²) < 4.78 is 5.29. The summed E-state index contributed by atoms with van der Waals surface area (Å²) >= 11 is 0. The highest BCUT2D eigenvalue weighted by Gasteiger charge is 2.28. The van der Waals surface area contributed by atoms with Crippen molar-refractivity contribution in [3.8, 4) is 0 Å². The number of aryl methyl sites for hydroxylation is 2. The normalized spacial score (nSPS) is 19.2. The summed E-state index contributed by atoms with van der Waals surface area (Å²) in [6.07, 6.45) is 1.27. The van der Waals surface area contributed by atoms with Crippen molar-refractivity contribution in [3.05, 3.63) is 34.9 Å². The number of nitrogens with one attached hydrogen (secondary N) is 1. The van der Waals surface area contributed by atoms with Crippen LogP contribution in [0.3, 0.4) is 0 Å². The van der Waals surface area contributed by atoms with Crippen LogP contribution in [0, 0.1) is 13.8 Å². The number of aliphatic carboxylic acids is 1. The quantitative estimate of drug-likeness (QED) is 0.864. The Morgan fingerprint density at radius 2 is 2.05 bits per heavy atom. The van der Waals surface area contributed by atoms with E-state index in [2.05, 4.69) is 5.32 Å². The Bertz CT molecular complexity index is 515. The maximum Gasteiger partial charge on any atom is 0.326 e. The third-order valence-electron chi connectivity index (χ3n) is 3.89. The molecule has 0 saturated carbocycles. The Morgan fingerprint density at radius 3 is 2.57 bits per heavy atom. The Labute approximate surface area is 124 Å². The topological polar surface area (TPSA) is 75.6 Å². The van der Waals surface area contributed by atoms with Crippen LogP contribution in [-0.2, 0) is 20.7 Å². The van der Waals surface area contributed by atoms with Crippen LogP contribution in [0.15, 0.2) is 18.2 Å². The van der Waals surface area contributed by atoms with Gasteiger partial charge in [0.1, 0.15) is 12.1 Å². The third-order valence-corrected chi connectivity index (χ3v) is 3.89. The van der Waals surface area contributed by atoms with Gasteiger partial charge < -0.3 is 15.2 Å². The fourth-order valence-corrected chi connectivity index (χ4v) is 2.62. The molecule has 0 unspecified atom stereocenters. The van der Waals surface area contributed by atoms with Crippen LogP contribution >= 0.6 is 0 Å². The summed E-state index contributed by atoms with van der Waals surface area (Å²) in [5, 5.41) is 12.0. The number of ether oxygens (including phenoxy) is 1. The van der Waals surface area contributed by atoms with Gasteiger partial charge in [-0.05, 0) is 43.4 Å². The number of amides is 1. The molecule has 0 radical (unpaired) electrons. The van der Waals surface area contributed by atoms with Crippen molar-refractivity contribution in [2.24, 2.45) is 0 Å². The van der Waals surface area contributed by atoms with Gasteiger partial charge in [0.15, 0.2) is 0 Å². The molecule has 0 spiro atoms. The van der Waals surface area contributed by atoms with E-state index in [0.717, 1.165) is 23.1 Å². The molecule has 2 rings (SSSR count). The predicted octanol–water partition coefficient (Wildman–Crippen LogP) is 1.59. The summed E-state index contributed by atoms with van der Waals surface area (Å²) in [6.45, 7) is 4.46. The van der Waals surface area contributed by atoms with Crippen LogP contribution < -0.4 is 5.32 Å². The van der Waals surface area contributed by atoms with Gasteiger partial charge in [-0.1, -0.05) is 18.2 Å². The maximum atomic E-state index is 12.0. The van der Waals surface area contributed by atoms with Crippen LogP contribution in [-0.4, -0.2) is 35.7 Å². The van der Waals surface area contributed by atoms with Gasteiger partial charge in [0.05, 0.1) is 0 Å². The zero-order chi connectivity index (χ0) is 15.4. The lowest BCUT2D eigenvalue weighted by molar-refractivity contribution is -0.143. The number of benzene rings is 1. The molecule has 2 N–H and O–H groups in total. The molecule has 1 aromatic rings. The molecule has 114 valence electrons. The summed E-state index contributed by atoms with van der Waals surface area (Å²) in [5.74, 6) is -1.35. The van der Waals surface area contributed by atoms with Crippen LogP contribution in [0.2, 0.25) is 0 Å². The molecule has 1 saturated heterocycles. The van der Waals surface area contributed by atoms with Gasteiger partial charge in [-0.3, -0.25) is 4.79 Å². The molecule has 0 bridgehead atoms. The molecule has 1 fully saturated rings. The molecule has 1 aliphatic rings. The number of carboxylic acids is 1. The van der Waals surface area contributed by atoms with Crippen LogP contribution in [0.25, 0.3) is 0 Å². The number of carbonyl (C=O) groups excluding carboxylic acids is 1. The third kappa shape index (κ3) is 3.82. The molecule has 21 heavy (non-hydrogen) atoms. The number of hydrogen-bond acceptors (Lipinski definition) is 3. The van der Waals surface area contributed by atoms with Crippen molar-refractivity contribution >= 4 is 11.9 Å². The smallest absolute Gasteiger partial charge is 0.326 e. The molecule has 5 heteroatoms. The summed E-state index contributed by atoms with van der Waals surface area (Å²) in [6, 6.07) is 4.91. The number of carbonyl (C=O) groups is 2. The van der Waals surface area contributed by atoms with E-state index in [0.29, 0.717) is 13.0 Å². The molecule has 5 nitrogen and oxygen atoms in total. The maximum absolute atomic E-state index is 12.0. The highest BCUT2D eigenvalue weighted by atomic mass is 16.5. The zero-order valence-corrected chi connectivity index (χ0v) is 12.4. The van der Waals surface area contributed by atoms with E-state index in [1.165, 1.54) is 0 Å². The fourth-order valence-electron chi connectivity index (χ4n) is 2.62. The van der Waals surface area contributed by atoms with Crippen molar-refractivity contribution in [3.63, 3.8) is 0 Å². The summed E-state index contributed by atoms with van der Waals surface area (Å²) in [7, 11) is 0. The average molecular weight is 291 g/mol. The molecule has 1 heterocycles. The van der Waals surface area contributed by atoms with E-state index >= 15 is 0 Å². The zero-order valence-electron chi connectivity index (χ0n) is 12.4. The second-order valence-electron chi connectivity index (χ2n) is 5.48. The largest absolute Gasteiger partial charge is 0.480 e. The van der Waals surface area contributed by atoms with Crippen molar-refractivity contribution in [1.82, 2.24) is 5.32 Å². The molecule has 2 atom stereocenters. The van der Waals surface area contributed by atoms with E-state index < -0.39 is 18.1 Å². The minimum absolute atomic E-state index is 0.284. The van der Waals surface area contributed by atoms with Crippen molar-refractivity contribution in [2.45, 2.75) is 45.3 Å². The first kappa shape index (κ1) is 15.5. The molecular weight excluding hydrogens is 270 g/mol. The van der Waals surface area contributed by atoms with Crippen molar-refractivity contribution in [1.29, 1.82) is 0 Å². The van der Waals surface area contributed by atoms with E-state index in [1.54, 1.807) is 0 Å². The first-order valence-electron chi connectivity index (χ1n) is 7.19. The van der Waals surface area contributed by atoms with E-state index in [1.807, 2.05) is 32.0 Å². The van der Waals surface area contributed by atoms with Crippen LogP contribution in [0.1, 0.15) is 29.5 Å². The van der Waals surface area contributed by atoms with Crippen LogP contribution in [0.5, 0.6) is 0 Å². The minimum atomic E-state index is -1.02. The first-order chi connectivity index (χ1) is 9.99. The average Bonchev–Trinajstić information content (AvgIpc) is 2.95. The fraction of sp³-hybridized carbons (Fsp3) is 0.500. The molecule has 1 aromatic carbocycles. The standard InChI is InChI=1S/C16H21NO4/c1-10-5-3-6-11(2)12(10)9-13(16(19)20)17-15(18)14-7-4-8-21-14/h3,5-6,13-14H,4,7-9H2,1-2H3,(H,17,18)(H,19,20)/t13-,14-/m0/s1. The van der Waals surface area contributed by atoms with Crippen molar-refractivity contribution in [2.75, 3.05) is 6.61 Å². The van der Waals surface area contributed by atoms with Crippen LogP contribution in [0.4, 0.5) is 0 Å². The highest BCUT2D eigenvalue weighted by Crippen LogP contribution is 2.17. The summed E-state index contributed by atoms with van der Waals surface area (Å²) in [4.78, 5) is 23.4. The molecular formula is C16H21NO4. The van der Waals surface area contributed by atoms with Gasteiger partial charge in [0.25, 0.3) is 0 Å². The number of hydrogen-bond donors (Lipinski definition) is 2. The van der Waals surface area contributed by atoms with Gasteiger partial charge in [-0.15, -0.1) is 0 Å². The molecule has 0 aromatic heterocycles. The van der Waals surface area contributed by atoms with Gasteiger partial charge in [0, 0.05) is 13.0 Å². The van der Waals surface area contributed by atoms with Gasteiger partial charge in [-0.2, -0.15) is 0 Å². The lowest BCUT2D eigenvalue weighted by Crippen LogP contribution is -2.46. The van der Waals surface area contributed by atoms with E-state index in [4.69, 9.17) is 4.74 Å². The minimum Gasteiger partial charge on any atom is -0.480 e. The Hall–Kier alpha value is -1.88. The first-order valence-corrected chi connectivity index (χ1v) is 7.19. The lowest BCUT2D eigenvalue weighted by Gasteiger charge is -2.19. The molecule has 1 aliphatic heterocycles. The Balaban J connectivity index is 2.09. The number of rotatable bonds is 5. The molecule has 0 aliphatic carbocycles. The Kier molecular flexibility index (Phi) is 4.96.